The summed E-state index contributed by atoms with van der Waals surface area (Å²) < 4.78 is 0. The van der Waals surface area contributed by atoms with Crippen LogP contribution in [0.3, 0.4) is 0 Å². The Hall–Kier alpha value is -2.18. The van der Waals surface area contributed by atoms with Crippen molar-refractivity contribution < 1.29 is 4.79 Å². The highest BCUT2D eigenvalue weighted by Crippen LogP contribution is 2.28. The van der Waals surface area contributed by atoms with Gasteiger partial charge < -0.3 is 10.2 Å². The molecule has 0 aliphatic carbocycles. The SMILES string of the molecule is O=C1C(Nc2ncnc3sccc23)CCN1c1cccc(Cl)c1. The summed E-state index contributed by atoms with van der Waals surface area (Å²) in [5.41, 5.74) is 0.829. The topological polar surface area (TPSA) is 58.1 Å². The molecule has 1 saturated heterocycles. The second kappa shape index (κ2) is 5.79. The van der Waals surface area contributed by atoms with Crippen LogP contribution < -0.4 is 10.2 Å². The quantitative estimate of drug-likeness (QED) is 0.789. The Bertz CT molecular complexity index is 881. The summed E-state index contributed by atoms with van der Waals surface area (Å²) in [4.78, 5) is 23.9. The summed E-state index contributed by atoms with van der Waals surface area (Å²) in [6.45, 7) is 0.661. The molecular weight excluding hydrogens is 332 g/mol. The van der Waals surface area contributed by atoms with Crippen LogP contribution in [0, 0.1) is 0 Å². The molecule has 1 amide bonds. The summed E-state index contributed by atoms with van der Waals surface area (Å²) in [5, 5.41) is 6.81. The Morgan fingerprint density at radius 2 is 2.22 bits per heavy atom. The lowest BCUT2D eigenvalue weighted by Gasteiger charge is -2.17. The number of anilines is 2. The van der Waals surface area contributed by atoms with Crippen LogP contribution in [0.4, 0.5) is 11.5 Å². The smallest absolute Gasteiger partial charge is 0.249 e. The fourth-order valence-electron chi connectivity index (χ4n) is 2.78. The van der Waals surface area contributed by atoms with Gasteiger partial charge in [-0.1, -0.05) is 17.7 Å². The van der Waals surface area contributed by atoms with Crippen molar-refractivity contribution in [1.29, 1.82) is 0 Å². The van der Waals surface area contributed by atoms with Crippen LogP contribution in [0.1, 0.15) is 6.42 Å². The molecule has 4 rings (SSSR count). The van der Waals surface area contributed by atoms with Gasteiger partial charge in [0.1, 0.15) is 23.0 Å². The minimum absolute atomic E-state index is 0.0364. The van der Waals surface area contributed by atoms with E-state index in [1.807, 2.05) is 29.6 Å². The van der Waals surface area contributed by atoms with Crippen molar-refractivity contribution in [1.82, 2.24) is 9.97 Å². The molecule has 0 saturated carbocycles. The van der Waals surface area contributed by atoms with Gasteiger partial charge in [-0.2, -0.15) is 0 Å². The van der Waals surface area contributed by atoms with Gasteiger partial charge in [0, 0.05) is 17.3 Å². The van der Waals surface area contributed by atoms with Crippen molar-refractivity contribution in [3.05, 3.63) is 47.1 Å². The minimum Gasteiger partial charge on any atom is -0.358 e. The summed E-state index contributed by atoms with van der Waals surface area (Å²) in [6.07, 6.45) is 2.25. The largest absolute Gasteiger partial charge is 0.358 e. The number of thiophene rings is 1. The average Bonchev–Trinajstić information content (AvgIpc) is 3.16. The summed E-state index contributed by atoms with van der Waals surface area (Å²) in [7, 11) is 0. The van der Waals surface area contributed by atoms with Crippen molar-refractivity contribution in [3.8, 4) is 0 Å². The van der Waals surface area contributed by atoms with E-state index in [1.165, 1.54) is 6.33 Å². The van der Waals surface area contributed by atoms with E-state index in [2.05, 4.69) is 15.3 Å². The number of benzene rings is 1. The molecule has 116 valence electrons. The number of hydrogen-bond acceptors (Lipinski definition) is 5. The number of halogens is 1. The second-order valence-electron chi connectivity index (χ2n) is 5.32. The molecule has 23 heavy (non-hydrogen) atoms. The van der Waals surface area contributed by atoms with Gasteiger partial charge in [-0.05, 0) is 36.1 Å². The molecule has 1 aromatic carbocycles. The van der Waals surface area contributed by atoms with Crippen LogP contribution in [0.2, 0.25) is 5.02 Å². The Kier molecular flexibility index (Phi) is 3.63. The van der Waals surface area contributed by atoms with Crippen LogP contribution in [-0.2, 0) is 4.79 Å². The molecule has 5 nitrogen and oxygen atoms in total. The van der Waals surface area contributed by atoms with Gasteiger partial charge >= 0.3 is 0 Å². The maximum Gasteiger partial charge on any atom is 0.249 e. The number of amides is 1. The van der Waals surface area contributed by atoms with Crippen LogP contribution in [0.5, 0.6) is 0 Å². The summed E-state index contributed by atoms with van der Waals surface area (Å²) in [6, 6.07) is 9.04. The average molecular weight is 345 g/mol. The highest BCUT2D eigenvalue weighted by molar-refractivity contribution is 7.16. The molecule has 1 atom stereocenters. The first kappa shape index (κ1) is 14.4. The van der Waals surface area contributed by atoms with Gasteiger partial charge in [-0.25, -0.2) is 9.97 Å². The van der Waals surface area contributed by atoms with Gasteiger partial charge in [0.15, 0.2) is 0 Å². The number of carbonyl (C=O) groups excluding carboxylic acids is 1. The van der Waals surface area contributed by atoms with Crippen LogP contribution in [0.15, 0.2) is 42.0 Å². The molecule has 3 heterocycles. The number of rotatable bonds is 3. The first-order chi connectivity index (χ1) is 11.2. The lowest BCUT2D eigenvalue weighted by atomic mass is 10.2. The second-order valence-corrected chi connectivity index (χ2v) is 6.65. The van der Waals surface area contributed by atoms with E-state index in [1.54, 1.807) is 22.3 Å². The predicted octanol–water partition coefficient (Wildman–Crippen LogP) is 3.56. The number of carbonyl (C=O) groups is 1. The molecule has 1 unspecified atom stereocenters. The van der Waals surface area contributed by atoms with Gasteiger partial charge in [0.2, 0.25) is 5.91 Å². The zero-order valence-corrected chi connectivity index (χ0v) is 13.6. The molecule has 1 aliphatic rings. The zero-order chi connectivity index (χ0) is 15.8. The van der Waals surface area contributed by atoms with Crippen molar-refractivity contribution in [2.75, 3.05) is 16.8 Å². The first-order valence-corrected chi connectivity index (χ1v) is 8.50. The standard InChI is InChI=1S/C16H13ClN4OS/c17-10-2-1-3-11(8-10)21-6-4-13(16(21)22)20-14-12-5-7-23-15(12)19-9-18-14/h1-3,5,7-9,13H,4,6H2,(H,18,19,20). The van der Waals surface area contributed by atoms with Gasteiger partial charge in [-0.15, -0.1) is 11.3 Å². The first-order valence-electron chi connectivity index (χ1n) is 7.24. The van der Waals surface area contributed by atoms with E-state index in [4.69, 9.17) is 11.6 Å². The van der Waals surface area contributed by atoms with Crippen molar-refractivity contribution in [2.24, 2.45) is 0 Å². The maximum atomic E-state index is 12.7. The van der Waals surface area contributed by atoms with E-state index in [-0.39, 0.29) is 11.9 Å². The molecule has 2 aromatic heterocycles. The third-order valence-corrected chi connectivity index (χ3v) is 4.95. The summed E-state index contributed by atoms with van der Waals surface area (Å²) >= 11 is 7.58. The highest BCUT2D eigenvalue weighted by atomic mass is 35.5. The number of aromatic nitrogens is 2. The Labute approximate surface area is 141 Å². The lowest BCUT2D eigenvalue weighted by Crippen LogP contribution is -2.33. The molecule has 0 radical (unpaired) electrons. The van der Waals surface area contributed by atoms with Crippen LogP contribution in [-0.4, -0.2) is 28.5 Å². The number of hydrogen-bond donors (Lipinski definition) is 1. The normalized spacial score (nSPS) is 17.9. The fourth-order valence-corrected chi connectivity index (χ4v) is 3.70. The third kappa shape index (κ3) is 2.64. The van der Waals surface area contributed by atoms with Crippen molar-refractivity contribution >= 4 is 50.6 Å². The van der Waals surface area contributed by atoms with Gasteiger partial charge in [-0.3, -0.25) is 4.79 Å². The molecular formula is C16H13ClN4OS. The molecule has 3 aromatic rings. The van der Waals surface area contributed by atoms with E-state index in [0.717, 1.165) is 22.3 Å². The lowest BCUT2D eigenvalue weighted by molar-refractivity contribution is -0.117. The van der Waals surface area contributed by atoms with Crippen molar-refractivity contribution in [3.63, 3.8) is 0 Å². The van der Waals surface area contributed by atoms with E-state index in [9.17, 15) is 4.79 Å². The Morgan fingerprint density at radius 1 is 1.30 bits per heavy atom. The monoisotopic (exact) mass is 344 g/mol. The number of fused-ring (bicyclic) bond motifs is 1. The molecule has 0 spiro atoms. The maximum absolute atomic E-state index is 12.7. The predicted molar refractivity (Wildman–Crippen MR) is 93.2 cm³/mol. The van der Waals surface area contributed by atoms with Crippen LogP contribution >= 0.6 is 22.9 Å². The number of nitrogens with one attached hydrogen (secondary N) is 1. The molecule has 1 N–H and O–H groups in total. The van der Waals surface area contributed by atoms with E-state index in [0.29, 0.717) is 17.4 Å². The van der Waals surface area contributed by atoms with Gasteiger partial charge in [0.05, 0.1) is 5.39 Å². The summed E-state index contributed by atoms with van der Waals surface area (Å²) in [5.74, 6) is 0.747. The molecule has 7 heteroatoms. The highest BCUT2D eigenvalue weighted by Gasteiger charge is 2.33. The van der Waals surface area contributed by atoms with E-state index < -0.39 is 0 Å². The molecule has 1 aliphatic heterocycles. The Morgan fingerprint density at radius 3 is 3.09 bits per heavy atom. The van der Waals surface area contributed by atoms with Crippen LogP contribution in [0.25, 0.3) is 10.2 Å². The minimum atomic E-state index is -0.285. The number of nitrogens with zero attached hydrogens (tertiary/aromatic N) is 3. The van der Waals surface area contributed by atoms with E-state index >= 15 is 0 Å². The van der Waals surface area contributed by atoms with Gasteiger partial charge in [0.25, 0.3) is 0 Å². The molecule has 1 fully saturated rings. The van der Waals surface area contributed by atoms with Crippen molar-refractivity contribution in [2.45, 2.75) is 12.5 Å². The zero-order valence-electron chi connectivity index (χ0n) is 12.1. The fraction of sp³-hybridized carbons (Fsp3) is 0.188. The third-order valence-electron chi connectivity index (χ3n) is 3.90. The Balaban J connectivity index is 1.57. The molecule has 0 bridgehead atoms.